The summed E-state index contributed by atoms with van der Waals surface area (Å²) in [4.78, 5) is 14.1. The van der Waals surface area contributed by atoms with Crippen LogP contribution >= 0.6 is 0 Å². The highest BCUT2D eigenvalue weighted by molar-refractivity contribution is 5.94. The van der Waals surface area contributed by atoms with Gasteiger partial charge in [-0.05, 0) is 6.92 Å². The van der Waals surface area contributed by atoms with E-state index in [1.165, 1.54) is 13.3 Å². The van der Waals surface area contributed by atoms with Gasteiger partial charge in [0, 0.05) is 25.1 Å². The molecule has 116 valence electrons. The molecule has 3 rings (SSSR count). The second-order valence-corrected chi connectivity index (χ2v) is 4.99. The Labute approximate surface area is 127 Å². The molecule has 1 aliphatic rings. The Morgan fingerprint density at radius 2 is 2.14 bits per heavy atom. The molecule has 2 aromatic heterocycles. The van der Waals surface area contributed by atoms with Gasteiger partial charge >= 0.3 is 0 Å². The van der Waals surface area contributed by atoms with Gasteiger partial charge in [-0.15, -0.1) is 10.2 Å². The van der Waals surface area contributed by atoms with E-state index in [1.807, 2.05) is 0 Å². The average Bonchev–Trinajstić information content (AvgIpc) is 3.16. The first-order chi connectivity index (χ1) is 10.7. The Balaban J connectivity index is 1.60. The standard InChI is InChI=1S/C14H16N4O4/c1-9-11(7-15-22-9)14(19)18-6-5-10(8-18)21-13-4-3-12(20-2)16-17-13/h3-4,7,10H,5-6,8H2,1-2H3/t10-/m1/s1. The maximum Gasteiger partial charge on any atom is 0.259 e. The SMILES string of the molecule is COc1ccc(O[C@@H]2CCN(C(=O)c3cnoc3C)C2)nn1. The lowest BCUT2D eigenvalue weighted by Gasteiger charge is -2.16. The molecular weight excluding hydrogens is 288 g/mol. The molecule has 0 N–H and O–H groups in total. The molecule has 0 aromatic carbocycles. The summed E-state index contributed by atoms with van der Waals surface area (Å²) >= 11 is 0. The molecule has 1 fully saturated rings. The lowest BCUT2D eigenvalue weighted by molar-refractivity contribution is 0.0769. The molecule has 8 heteroatoms. The van der Waals surface area contributed by atoms with E-state index in [4.69, 9.17) is 14.0 Å². The molecule has 0 radical (unpaired) electrons. The topological polar surface area (TPSA) is 90.6 Å². The summed E-state index contributed by atoms with van der Waals surface area (Å²) in [5, 5.41) is 11.4. The van der Waals surface area contributed by atoms with Crippen LogP contribution in [0.4, 0.5) is 0 Å². The van der Waals surface area contributed by atoms with E-state index < -0.39 is 0 Å². The molecule has 0 spiro atoms. The van der Waals surface area contributed by atoms with Crippen LogP contribution in [0.2, 0.25) is 0 Å². The Morgan fingerprint density at radius 1 is 1.36 bits per heavy atom. The van der Waals surface area contributed by atoms with Crippen molar-refractivity contribution in [1.82, 2.24) is 20.3 Å². The predicted molar refractivity (Wildman–Crippen MR) is 74.8 cm³/mol. The molecule has 2 aromatic rings. The van der Waals surface area contributed by atoms with Crippen molar-refractivity contribution in [1.29, 1.82) is 0 Å². The number of aromatic nitrogens is 3. The highest BCUT2D eigenvalue weighted by atomic mass is 16.5. The fourth-order valence-corrected chi connectivity index (χ4v) is 2.33. The number of carbonyl (C=O) groups is 1. The number of hydrogen-bond donors (Lipinski definition) is 0. The number of carbonyl (C=O) groups excluding carboxylic acids is 1. The highest BCUT2D eigenvalue weighted by Gasteiger charge is 2.30. The van der Waals surface area contributed by atoms with Gasteiger partial charge in [0.05, 0.1) is 19.9 Å². The van der Waals surface area contributed by atoms with Crippen molar-refractivity contribution in [3.63, 3.8) is 0 Å². The van der Waals surface area contributed by atoms with E-state index in [0.717, 1.165) is 6.42 Å². The van der Waals surface area contributed by atoms with Crippen LogP contribution in [0.3, 0.4) is 0 Å². The van der Waals surface area contributed by atoms with Gasteiger partial charge in [-0.2, -0.15) is 0 Å². The van der Waals surface area contributed by atoms with Gasteiger partial charge in [0.15, 0.2) is 0 Å². The molecule has 22 heavy (non-hydrogen) atoms. The van der Waals surface area contributed by atoms with Crippen LogP contribution in [0.15, 0.2) is 22.9 Å². The minimum atomic E-state index is -0.105. The Bertz CT molecular complexity index is 655. The molecule has 1 atom stereocenters. The van der Waals surface area contributed by atoms with Crippen LogP contribution in [-0.2, 0) is 0 Å². The van der Waals surface area contributed by atoms with Crippen molar-refractivity contribution in [3.05, 3.63) is 29.7 Å². The van der Waals surface area contributed by atoms with Gasteiger partial charge in [-0.3, -0.25) is 4.79 Å². The molecule has 8 nitrogen and oxygen atoms in total. The first-order valence-corrected chi connectivity index (χ1v) is 6.92. The lowest BCUT2D eigenvalue weighted by atomic mass is 10.2. The van der Waals surface area contributed by atoms with Crippen LogP contribution < -0.4 is 9.47 Å². The summed E-state index contributed by atoms with van der Waals surface area (Å²) in [5.41, 5.74) is 0.491. The van der Waals surface area contributed by atoms with Crippen LogP contribution in [-0.4, -0.2) is 52.5 Å². The largest absolute Gasteiger partial charge is 0.480 e. The van der Waals surface area contributed by atoms with Crippen molar-refractivity contribution in [2.45, 2.75) is 19.4 Å². The number of ether oxygens (including phenoxy) is 2. The maximum atomic E-state index is 12.3. The van der Waals surface area contributed by atoms with Gasteiger partial charge in [0.25, 0.3) is 5.91 Å². The predicted octanol–water partition coefficient (Wildman–Crippen LogP) is 1.08. The molecular formula is C14H16N4O4. The van der Waals surface area contributed by atoms with Crippen molar-refractivity contribution in [2.75, 3.05) is 20.2 Å². The monoisotopic (exact) mass is 304 g/mol. The van der Waals surface area contributed by atoms with Crippen LogP contribution in [0.25, 0.3) is 0 Å². The van der Waals surface area contributed by atoms with Gasteiger partial charge in [0.2, 0.25) is 11.8 Å². The minimum absolute atomic E-state index is 0.0920. The number of amides is 1. The number of nitrogens with zero attached hydrogens (tertiary/aromatic N) is 4. The van der Waals surface area contributed by atoms with Gasteiger partial charge < -0.3 is 18.9 Å². The van der Waals surface area contributed by atoms with Crippen molar-refractivity contribution in [2.24, 2.45) is 0 Å². The Kier molecular flexibility index (Phi) is 3.90. The van der Waals surface area contributed by atoms with Crippen LogP contribution in [0.5, 0.6) is 11.8 Å². The third kappa shape index (κ3) is 2.85. The summed E-state index contributed by atoms with van der Waals surface area (Å²) in [6, 6.07) is 3.38. The summed E-state index contributed by atoms with van der Waals surface area (Å²) < 4.78 is 15.6. The number of hydrogen-bond acceptors (Lipinski definition) is 7. The molecule has 0 aliphatic carbocycles. The molecule has 0 unspecified atom stereocenters. The first-order valence-electron chi connectivity index (χ1n) is 6.92. The molecule has 1 saturated heterocycles. The summed E-state index contributed by atoms with van der Waals surface area (Å²) in [6.07, 6.45) is 2.08. The first kappa shape index (κ1) is 14.3. The van der Waals surface area contributed by atoms with Crippen molar-refractivity contribution in [3.8, 4) is 11.8 Å². The Hall–Kier alpha value is -2.64. The third-order valence-corrected chi connectivity index (χ3v) is 3.53. The van der Waals surface area contributed by atoms with E-state index in [-0.39, 0.29) is 12.0 Å². The fourth-order valence-electron chi connectivity index (χ4n) is 2.33. The summed E-state index contributed by atoms with van der Waals surface area (Å²) in [5.74, 6) is 1.28. The summed E-state index contributed by atoms with van der Waals surface area (Å²) in [7, 11) is 1.53. The van der Waals surface area contributed by atoms with Crippen LogP contribution in [0.1, 0.15) is 22.5 Å². The molecule has 0 bridgehead atoms. The van der Waals surface area contributed by atoms with Gasteiger partial charge in [-0.1, -0.05) is 5.16 Å². The average molecular weight is 304 g/mol. The second kappa shape index (κ2) is 6.00. The van der Waals surface area contributed by atoms with Gasteiger partial charge in [-0.25, -0.2) is 0 Å². The maximum absolute atomic E-state index is 12.3. The van der Waals surface area contributed by atoms with E-state index >= 15 is 0 Å². The zero-order valence-electron chi connectivity index (χ0n) is 12.4. The number of methoxy groups -OCH3 is 1. The third-order valence-electron chi connectivity index (χ3n) is 3.53. The number of aryl methyl sites for hydroxylation is 1. The second-order valence-electron chi connectivity index (χ2n) is 4.99. The van der Waals surface area contributed by atoms with E-state index in [9.17, 15) is 4.79 Å². The van der Waals surface area contributed by atoms with E-state index in [0.29, 0.717) is 36.2 Å². The van der Waals surface area contributed by atoms with Crippen molar-refractivity contribution < 1.29 is 18.8 Å². The molecule has 1 amide bonds. The quantitative estimate of drug-likeness (QED) is 0.834. The smallest absolute Gasteiger partial charge is 0.259 e. The van der Waals surface area contributed by atoms with E-state index in [1.54, 1.807) is 24.0 Å². The molecule has 0 saturated carbocycles. The van der Waals surface area contributed by atoms with Crippen LogP contribution in [0, 0.1) is 6.92 Å². The zero-order chi connectivity index (χ0) is 15.5. The van der Waals surface area contributed by atoms with Gasteiger partial charge in [0.1, 0.15) is 17.4 Å². The minimum Gasteiger partial charge on any atom is -0.480 e. The van der Waals surface area contributed by atoms with Crippen molar-refractivity contribution >= 4 is 5.91 Å². The number of rotatable bonds is 4. The van der Waals surface area contributed by atoms with E-state index in [2.05, 4.69) is 15.4 Å². The fraction of sp³-hybridized carbons (Fsp3) is 0.429. The molecule has 1 aliphatic heterocycles. The zero-order valence-corrected chi connectivity index (χ0v) is 12.4. The Morgan fingerprint density at radius 3 is 2.77 bits per heavy atom. The molecule has 3 heterocycles. The highest BCUT2D eigenvalue weighted by Crippen LogP contribution is 2.20. The lowest BCUT2D eigenvalue weighted by Crippen LogP contribution is -2.31. The summed E-state index contributed by atoms with van der Waals surface area (Å²) in [6.45, 7) is 2.84. The normalized spacial score (nSPS) is 17.5. The number of likely N-dealkylation sites (tertiary alicyclic amines) is 1.